The van der Waals surface area contributed by atoms with Gasteiger partial charge in [-0.05, 0) is 43.0 Å². The van der Waals surface area contributed by atoms with Crippen molar-refractivity contribution < 1.29 is 23.8 Å². The lowest BCUT2D eigenvalue weighted by Crippen LogP contribution is -2.43. The van der Waals surface area contributed by atoms with Crippen molar-refractivity contribution >= 4 is 18.0 Å². The number of benzene rings is 2. The van der Waals surface area contributed by atoms with Crippen molar-refractivity contribution in [3.63, 3.8) is 0 Å². The van der Waals surface area contributed by atoms with E-state index in [4.69, 9.17) is 25.7 Å². The van der Waals surface area contributed by atoms with Gasteiger partial charge in [0.1, 0.15) is 18.4 Å². The van der Waals surface area contributed by atoms with Gasteiger partial charge in [0.15, 0.2) is 5.96 Å². The molecule has 0 unspecified atom stereocenters. The van der Waals surface area contributed by atoms with E-state index < -0.39 is 18.1 Å². The predicted molar refractivity (Wildman–Crippen MR) is 126 cm³/mol. The van der Waals surface area contributed by atoms with Gasteiger partial charge >= 0.3 is 12.1 Å². The molecule has 33 heavy (non-hydrogen) atoms. The van der Waals surface area contributed by atoms with Crippen molar-refractivity contribution in [2.45, 2.75) is 38.8 Å². The summed E-state index contributed by atoms with van der Waals surface area (Å²) < 4.78 is 16.0. The summed E-state index contributed by atoms with van der Waals surface area (Å²) in [4.78, 5) is 28.5. The van der Waals surface area contributed by atoms with Crippen LogP contribution in [0.15, 0.2) is 59.6 Å². The van der Waals surface area contributed by atoms with Gasteiger partial charge in [0, 0.05) is 13.0 Å². The van der Waals surface area contributed by atoms with Crippen molar-refractivity contribution in [3.8, 4) is 5.75 Å². The number of ether oxygens (including phenoxy) is 3. The second-order valence-corrected chi connectivity index (χ2v) is 7.22. The van der Waals surface area contributed by atoms with Crippen molar-refractivity contribution in [1.29, 1.82) is 0 Å². The summed E-state index contributed by atoms with van der Waals surface area (Å²) in [6.07, 6.45) is 1.23. The zero-order valence-electron chi connectivity index (χ0n) is 18.9. The first-order valence-electron chi connectivity index (χ1n) is 10.9. The zero-order valence-corrected chi connectivity index (χ0v) is 18.9. The molecule has 0 radical (unpaired) electrons. The standard InChI is InChI=1S/C24H32N4O5/c1-2-31-24(30)28-21(22(29)33-17-19-8-4-3-5-9-19)16-18-10-12-20(13-11-18)32-15-7-6-14-27-23(25)26/h3-5,8-13,21H,2,6-7,14-17H2,1H3,(H,28,30)(H4,25,26,27)/t21-/m0/s1. The first kappa shape index (κ1) is 25.5. The number of carbonyl (C=O) groups excluding carboxylic acids is 2. The monoisotopic (exact) mass is 456 g/mol. The first-order valence-corrected chi connectivity index (χ1v) is 10.9. The Morgan fingerprint density at radius 3 is 2.36 bits per heavy atom. The van der Waals surface area contributed by atoms with Crippen molar-refractivity contribution in [3.05, 3.63) is 65.7 Å². The first-order chi connectivity index (χ1) is 16.0. The molecule has 0 fully saturated rings. The average molecular weight is 457 g/mol. The van der Waals surface area contributed by atoms with Crippen LogP contribution in [0.2, 0.25) is 0 Å². The number of rotatable bonds is 13. The topological polar surface area (TPSA) is 138 Å². The number of unbranched alkanes of at least 4 members (excludes halogenated alkanes) is 1. The summed E-state index contributed by atoms with van der Waals surface area (Å²) in [6, 6.07) is 15.8. The number of guanidine groups is 1. The molecule has 9 heteroatoms. The molecular weight excluding hydrogens is 424 g/mol. The van der Waals surface area contributed by atoms with Crippen molar-refractivity contribution in [1.82, 2.24) is 5.32 Å². The molecular formula is C24H32N4O5. The molecule has 0 bridgehead atoms. The van der Waals surface area contributed by atoms with E-state index in [0.29, 0.717) is 18.9 Å². The Labute approximate surface area is 194 Å². The molecule has 178 valence electrons. The van der Waals surface area contributed by atoms with Gasteiger partial charge in [0.2, 0.25) is 0 Å². The van der Waals surface area contributed by atoms with E-state index >= 15 is 0 Å². The van der Waals surface area contributed by atoms with Crippen LogP contribution in [-0.4, -0.2) is 43.8 Å². The van der Waals surface area contributed by atoms with Crippen LogP contribution in [-0.2, 0) is 27.3 Å². The van der Waals surface area contributed by atoms with E-state index in [-0.39, 0.29) is 25.6 Å². The van der Waals surface area contributed by atoms with Gasteiger partial charge in [-0.1, -0.05) is 42.5 Å². The quantitative estimate of drug-likeness (QED) is 0.182. The molecule has 0 saturated heterocycles. The SMILES string of the molecule is CCOC(=O)N[C@@H](Cc1ccc(OCCCCN=C(N)N)cc1)C(=O)OCc1ccccc1. The Balaban J connectivity index is 1.89. The summed E-state index contributed by atoms with van der Waals surface area (Å²) in [6.45, 7) is 3.13. The largest absolute Gasteiger partial charge is 0.494 e. The normalized spacial score (nSPS) is 11.2. The van der Waals surface area contributed by atoms with E-state index in [1.165, 1.54) is 0 Å². The van der Waals surface area contributed by atoms with E-state index in [2.05, 4.69) is 10.3 Å². The molecule has 2 aromatic rings. The summed E-state index contributed by atoms with van der Waals surface area (Å²) in [5, 5.41) is 2.58. The molecule has 0 aromatic heterocycles. The van der Waals surface area contributed by atoms with Crippen LogP contribution in [0.25, 0.3) is 0 Å². The third kappa shape index (κ3) is 10.4. The van der Waals surface area contributed by atoms with Gasteiger partial charge in [-0.25, -0.2) is 9.59 Å². The number of nitrogens with zero attached hydrogens (tertiary/aromatic N) is 1. The summed E-state index contributed by atoms with van der Waals surface area (Å²) in [5.41, 5.74) is 12.3. The number of alkyl carbamates (subject to hydrolysis) is 1. The Morgan fingerprint density at radius 2 is 1.70 bits per heavy atom. The Hall–Kier alpha value is -3.75. The van der Waals surface area contributed by atoms with Gasteiger partial charge in [0.25, 0.3) is 0 Å². The Morgan fingerprint density at radius 1 is 0.970 bits per heavy atom. The number of amides is 1. The summed E-state index contributed by atoms with van der Waals surface area (Å²) in [5.74, 6) is 0.265. The maximum atomic E-state index is 12.7. The van der Waals surface area contributed by atoms with Crippen LogP contribution in [0.1, 0.15) is 30.9 Å². The lowest BCUT2D eigenvalue weighted by molar-refractivity contribution is -0.147. The molecule has 1 amide bonds. The van der Waals surface area contributed by atoms with Crippen LogP contribution >= 0.6 is 0 Å². The molecule has 2 rings (SSSR count). The van der Waals surface area contributed by atoms with Crippen LogP contribution in [0.3, 0.4) is 0 Å². The van der Waals surface area contributed by atoms with E-state index in [1.54, 1.807) is 6.92 Å². The fourth-order valence-electron chi connectivity index (χ4n) is 2.91. The maximum absolute atomic E-state index is 12.7. The minimum atomic E-state index is -0.880. The molecule has 0 aliphatic carbocycles. The minimum absolute atomic E-state index is 0.0891. The molecule has 1 atom stereocenters. The van der Waals surface area contributed by atoms with Crippen LogP contribution in [0.5, 0.6) is 5.75 Å². The number of esters is 1. The predicted octanol–water partition coefficient (Wildman–Crippen LogP) is 2.52. The number of hydrogen-bond donors (Lipinski definition) is 3. The van der Waals surface area contributed by atoms with Gasteiger partial charge in [-0.2, -0.15) is 0 Å². The fraction of sp³-hybridized carbons (Fsp3) is 0.375. The second kappa shape index (κ2) is 14.3. The lowest BCUT2D eigenvalue weighted by atomic mass is 10.1. The molecule has 0 spiro atoms. The van der Waals surface area contributed by atoms with E-state index in [1.807, 2.05) is 54.6 Å². The number of hydrogen-bond acceptors (Lipinski definition) is 6. The lowest BCUT2D eigenvalue weighted by Gasteiger charge is -2.18. The van der Waals surface area contributed by atoms with Crippen molar-refractivity contribution in [2.24, 2.45) is 16.5 Å². The smallest absolute Gasteiger partial charge is 0.407 e. The third-order valence-electron chi connectivity index (χ3n) is 4.55. The molecule has 0 heterocycles. The molecule has 2 aromatic carbocycles. The minimum Gasteiger partial charge on any atom is -0.494 e. The number of aliphatic imine (C=N–C) groups is 1. The van der Waals surface area contributed by atoms with Crippen LogP contribution in [0.4, 0.5) is 4.79 Å². The maximum Gasteiger partial charge on any atom is 0.407 e. The highest BCUT2D eigenvalue weighted by atomic mass is 16.6. The highest BCUT2D eigenvalue weighted by Crippen LogP contribution is 2.15. The zero-order chi connectivity index (χ0) is 23.9. The molecule has 0 saturated carbocycles. The fourth-order valence-corrected chi connectivity index (χ4v) is 2.91. The summed E-state index contributed by atoms with van der Waals surface area (Å²) in [7, 11) is 0. The highest BCUT2D eigenvalue weighted by molar-refractivity contribution is 5.81. The molecule has 9 nitrogen and oxygen atoms in total. The van der Waals surface area contributed by atoms with E-state index in [9.17, 15) is 9.59 Å². The molecule has 0 aliphatic heterocycles. The van der Waals surface area contributed by atoms with Crippen LogP contribution < -0.4 is 21.5 Å². The van der Waals surface area contributed by atoms with Gasteiger partial charge in [-0.3, -0.25) is 4.99 Å². The third-order valence-corrected chi connectivity index (χ3v) is 4.55. The Bertz CT molecular complexity index is 883. The van der Waals surface area contributed by atoms with Crippen molar-refractivity contribution in [2.75, 3.05) is 19.8 Å². The molecule has 5 N–H and O–H groups in total. The van der Waals surface area contributed by atoms with Gasteiger partial charge in [-0.15, -0.1) is 0 Å². The van der Waals surface area contributed by atoms with Gasteiger partial charge in [0.05, 0.1) is 13.2 Å². The van der Waals surface area contributed by atoms with E-state index in [0.717, 1.165) is 24.0 Å². The summed E-state index contributed by atoms with van der Waals surface area (Å²) >= 11 is 0. The number of nitrogens with one attached hydrogen (secondary N) is 1. The van der Waals surface area contributed by atoms with Gasteiger partial charge < -0.3 is 31.0 Å². The number of nitrogens with two attached hydrogens (primary N) is 2. The molecule has 0 aliphatic rings. The number of carbonyl (C=O) groups is 2. The second-order valence-electron chi connectivity index (χ2n) is 7.22. The Kier molecular flexibility index (Phi) is 11.1. The van der Waals surface area contributed by atoms with Crippen LogP contribution in [0, 0.1) is 0 Å². The highest BCUT2D eigenvalue weighted by Gasteiger charge is 2.23. The average Bonchev–Trinajstić information content (AvgIpc) is 2.81.